The Morgan fingerprint density at radius 1 is 1.18 bits per heavy atom. The van der Waals surface area contributed by atoms with Gasteiger partial charge < -0.3 is 14.1 Å². The van der Waals surface area contributed by atoms with Crippen molar-refractivity contribution in [3.05, 3.63) is 70.2 Å². The number of H-pyrrole nitrogens is 1. The van der Waals surface area contributed by atoms with Gasteiger partial charge >= 0.3 is 0 Å². The van der Waals surface area contributed by atoms with Crippen LogP contribution in [0.25, 0.3) is 22.4 Å². The molecule has 1 N–H and O–H groups in total. The lowest BCUT2D eigenvalue weighted by Gasteiger charge is -2.34. The van der Waals surface area contributed by atoms with Gasteiger partial charge in [0.2, 0.25) is 11.8 Å². The number of likely N-dealkylation sites (tertiary alicyclic amines) is 1. The van der Waals surface area contributed by atoms with Crippen LogP contribution in [0.1, 0.15) is 43.2 Å². The number of fused-ring (bicyclic) bond motifs is 1. The van der Waals surface area contributed by atoms with Crippen LogP contribution in [0.4, 0.5) is 5.69 Å². The molecule has 0 spiro atoms. The largest absolute Gasteiger partial charge is 0.497 e. The van der Waals surface area contributed by atoms with Crippen LogP contribution in [-0.4, -0.2) is 45.2 Å². The molecule has 9 nitrogen and oxygen atoms in total. The topological polar surface area (TPSA) is 110 Å². The molecule has 1 aliphatic rings. The Morgan fingerprint density at radius 2 is 1.94 bits per heavy atom. The van der Waals surface area contributed by atoms with E-state index in [2.05, 4.69) is 45.3 Å². The van der Waals surface area contributed by atoms with Crippen LogP contribution >= 0.6 is 0 Å². The van der Waals surface area contributed by atoms with Crippen molar-refractivity contribution in [2.24, 2.45) is 0 Å². The first-order valence-electron chi connectivity index (χ1n) is 11.0. The van der Waals surface area contributed by atoms with E-state index in [4.69, 9.17) is 9.15 Å². The fourth-order valence-electron chi connectivity index (χ4n) is 4.59. The van der Waals surface area contributed by atoms with Crippen molar-refractivity contribution in [3.63, 3.8) is 0 Å². The zero-order chi connectivity index (χ0) is 22.9. The number of nitro benzene ring substituents is 1. The maximum absolute atomic E-state index is 10.9. The lowest BCUT2D eigenvalue weighted by atomic mass is 9.88. The van der Waals surface area contributed by atoms with Gasteiger partial charge in [0.25, 0.3) is 5.69 Å². The minimum absolute atomic E-state index is 0.00619. The number of ether oxygens (including phenoxy) is 1. The number of aromatic nitrogens is 3. The Labute approximate surface area is 190 Å². The molecule has 1 unspecified atom stereocenters. The van der Waals surface area contributed by atoms with E-state index in [1.807, 2.05) is 6.07 Å². The van der Waals surface area contributed by atoms with Crippen LogP contribution in [0.2, 0.25) is 0 Å². The highest BCUT2D eigenvalue weighted by molar-refractivity contribution is 5.85. The quantitative estimate of drug-likeness (QED) is 0.324. The van der Waals surface area contributed by atoms with Gasteiger partial charge in [0.05, 0.1) is 18.1 Å². The first kappa shape index (κ1) is 21.1. The normalized spacial score (nSPS) is 16.2. The zero-order valence-corrected chi connectivity index (χ0v) is 18.5. The highest BCUT2D eigenvalue weighted by Gasteiger charge is 2.28. The second-order valence-corrected chi connectivity index (χ2v) is 8.39. The van der Waals surface area contributed by atoms with Gasteiger partial charge in [-0.15, -0.1) is 10.2 Å². The number of benzene rings is 2. The number of hydrogen-bond acceptors (Lipinski definition) is 7. The Kier molecular flexibility index (Phi) is 5.55. The van der Waals surface area contributed by atoms with Crippen LogP contribution in [0.3, 0.4) is 0 Å². The Morgan fingerprint density at radius 3 is 2.64 bits per heavy atom. The Hall–Kier alpha value is -3.72. The van der Waals surface area contributed by atoms with Gasteiger partial charge in [-0.1, -0.05) is 0 Å². The minimum atomic E-state index is -0.429. The number of rotatable bonds is 6. The molecule has 2 aromatic carbocycles. The molecule has 33 heavy (non-hydrogen) atoms. The van der Waals surface area contributed by atoms with Crippen molar-refractivity contribution >= 4 is 16.6 Å². The number of hydrogen-bond donors (Lipinski definition) is 1. The predicted molar refractivity (Wildman–Crippen MR) is 123 cm³/mol. The second kappa shape index (κ2) is 8.67. The molecule has 0 bridgehead atoms. The number of nitrogens with zero attached hydrogens (tertiary/aromatic N) is 4. The smallest absolute Gasteiger partial charge is 0.269 e. The van der Waals surface area contributed by atoms with E-state index in [0.717, 1.165) is 37.2 Å². The van der Waals surface area contributed by atoms with Crippen LogP contribution in [0, 0.1) is 10.1 Å². The van der Waals surface area contributed by atoms with E-state index in [1.165, 1.54) is 23.1 Å². The summed E-state index contributed by atoms with van der Waals surface area (Å²) in [6.07, 6.45) is 4.21. The third-order valence-corrected chi connectivity index (χ3v) is 6.56. The summed E-state index contributed by atoms with van der Waals surface area (Å²) in [4.78, 5) is 16.2. The third kappa shape index (κ3) is 4.07. The third-order valence-electron chi connectivity index (χ3n) is 6.56. The van der Waals surface area contributed by atoms with Gasteiger partial charge in [0, 0.05) is 34.8 Å². The number of nitrogens with one attached hydrogen (secondary N) is 1. The number of non-ortho nitro benzene ring substituents is 1. The van der Waals surface area contributed by atoms with E-state index in [0.29, 0.717) is 23.3 Å². The molecule has 5 rings (SSSR count). The highest BCUT2D eigenvalue weighted by Crippen LogP contribution is 2.36. The summed E-state index contributed by atoms with van der Waals surface area (Å²) in [5.74, 6) is 2.27. The lowest BCUT2D eigenvalue weighted by Crippen LogP contribution is -2.35. The molecule has 1 saturated heterocycles. The van der Waals surface area contributed by atoms with E-state index in [-0.39, 0.29) is 11.7 Å². The molecular formula is C24H25N5O4. The molecular weight excluding hydrogens is 422 g/mol. The van der Waals surface area contributed by atoms with Crippen molar-refractivity contribution in [2.75, 3.05) is 20.2 Å². The summed E-state index contributed by atoms with van der Waals surface area (Å²) in [6, 6.07) is 12.3. The average molecular weight is 447 g/mol. The van der Waals surface area contributed by atoms with E-state index < -0.39 is 4.92 Å². The number of aromatic amines is 1. The predicted octanol–water partition coefficient (Wildman–Crippen LogP) is 5.08. The summed E-state index contributed by atoms with van der Waals surface area (Å²) < 4.78 is 11.3. The van der Waals surface area contributed by atoms with E-state index in [9.17, 15) is 10.1 Å². The Bertz CT molecular complexity index is 1270. The molecule has 2 aromatic heterocycles. The summed E-state index contributed by atoms with van der Waals surface area (Å²) in [7, 11) is 1.69. The first-order valence-corrected chi connectivity index (χ1v) is 11.0. The molecule has 1 aliphatic heterocycles. The van der Waals surface area contributed by atoms with Gasteiger partial charge in [0.1, 0.15) is 5.75 Å². The molecule has 1 fully saturated rings. The van der Waals surface area contributed by atoms with Crippen molar-refractivity contribution in [3.8, 4) is 17.2 Å². The lowest BCUT2D eigenvalue weighted by molar-refractivity contribution is -0.384. The van der Waals surface area contributed by atoms with Crippen molar-refractivity contribution in [2.45, 2.75) is 31.7 Å². The SMILES string of the molecule is COc1ccc2[nH]cc(C3CCN(C(C)c4nnc(-c5ccc([N+](=O)[O-])cc5)o4)CC3)c2c1. The molecule has 4 aromatic rings. The monoisotopic (exact) mass is 447 g/mol. The number of piperidine rings is 1. The molecule has 0 saturated carbocycles. The number of methoxy groups -OCH3 is 1. The van der Waals surface area contributed by atoms with Crippen LogP contribution in [0.5, 0.6) is 5.75 Å². The minimum Gasteiger partial charge on any atom is -0.497 e. The second-order valence-electron chi connectivity index (χ2n) is 8.39. The van der Waals surface area contributed by atoms with E-state index in [1.54, 1.807) is 19.2 Å². The summed E-state index contributed by atoms with van der Waals surface area (Å²) in [5, 5.41) is 20.5. The van der Waals surface area contributed by atoms with Crippen LogP contribution in [0.15, 0.2) is 53.1 Å². The molecule has 0 aliphatic carbocycles. The number of nitro groups is 1. The maximum Gasteiger partial charge on any atom is 0.269 e. The first-order chi connectivity index (χ1) is 16.0. The maximum atomic E-state index is 10.9. The van der Waals surface area contributed by atoms with Crippen molar-refractivity contribution in [1.29, 1.82) is 0 Å². The summed E-state index contributed by atoms with van der Waals surface area (Å²) in [6.45, 7) is 3.93. The van der Waals surface area contributed by atoms with E-state index >= 15 is 0 Å². The van der Waals surface area contributed by atoms with Gasteiger partial charge in [-0.2, -0.15) is 0 Å². The van der Waals surface area contributed by atoms with Gasteiger partial charge in [-0.05, 0) is 74.7 Å². The van der Waals surface area contributed by atoms with Crippen LogP contribution < -0.4 is 4.74 Å². The highest BCUT2D eigenvalue weighted by atomic mass is 16.6. The fraction of sp³-hybridized carbons (Fsp3) is 0.333. The molecule has 9 heteroatoms. The van der Waals surface area contributed by atoms with Crippen molar-refractivity contribution < 1.29 is 14.1 Å². The van der Waals surface area contributed by atoms with Crippen LogP contribution in [-0.2, 0) is 0 Å². The van der Waals surface area contributed by atoms with Gasteiger partial charge in [-0.3, -0.25) is 15.0 Å². The molecule has 1 atom stereocenters. The van der Waals surface area contributed by atoms with Gasteiger partial charge in [0.15, 0.2) is 0 Å². The molecule has 3 heterocycles. The molecule has 170 valence electrons. The standard InChI is InChI=1S/C24H25N5O4/c1-15(23-26-27-24(33-23)17-3-5-18(6-4-17)29(30)31)28-11-9-16(10-12-28)21-14-25-22-8-7-19(32-2)13-20(21)22/h3-8,13-16,25H,9-12H2,1-2H3. The fourth-order valence-corrected chi connectivity index (χ4v) is 4.59. The summed E-state index contributed by atoms with van der Waals surface area (Å²) in [5.41, 5.74) is 3.17. The molecule has 0 radical (unpaired) electrons. The average Bonchev–Trinajstić information content (AvgIpc) is 3.51. The molecule has 0 amide bonds. The summed E-state index contributed by atoms with van der Waals surface area (Å²) >= 11 is 0. The van der Waals surface area contributed by atoms with Crippen molar-refractivity contribution in [1.82, 2.24) is 20.1 Å². The Balaban J connectivity index is 1.26. The van der Waals surface area contributed by atoms with Gasteiger partial charge in [-0.25, -0.2) is 0 Å². The zero-order valence-electron chi connectivity index (χ0n) is 18.5.